The third-order valence-electron chi connectivity index (χ3n) is 2.64. The Morgan fingerprint density at radius 3 is 2.24 bits per heavy atom. The van der Waals surface area contributed by atoms with Gasteiger partial charge in [-0.2, -0.15) is 0 Å². The Morgan fingerprint density at radius 2 is 1.88 bits per heavy atom. The van der Waals surface area contributed by atoms with Crippen molar-refractivity contribution in [1.29, 1.82) is 0 Å². The number of nitrogens with two attached hydrogens (primary N) is 1. The molecule has 2 amide bonds. The van der Waals surface area contributed by atoms with Gasteiger partial charge in [0.15, 0.2) is 0 Å². The van der Waals surface area contributed by atoms with Crippen molar-refractivity contribution >= 4 is 11.9 Å². The molecule has 0 radical (unpaired) electrons. The van der Waals surface area contributed by atoms with Gasteiger partial charge in [-0.1, -0.05) is 5.16 Å². The van der Waals surface area contributed by atoms with Crippen LogP contribution in [0.15, 0.2) is 5.16 Å². The lowest BCUT2D eigenvalue weighted by Crippen LogP contribution is -2.47. The zero-order chi connectivity index (χ0) is 13.4. The van der Waals surface area contributed by atoms with E-state index in [-0.39, 0.29) is 17.9 Å². The van der Waals surface area contributed by atoms with Crippen LogP contribution in [0.5, 0.6) is 0 Å². The lowest BCUT2D eigenvalue weighted by Gasteiger charge is -2.32. The van der Waals surface area contributed by atoms with Crippen LogP contribution >= 0.6 is 0 Å². The monoisotopic (exact) mass is 244 g/mol. The fourth-order valence-corrected chi connectivity index (χ4v) is 1.54. The molecule has 0 aromatic carbocycles. The molecule has 6 heteroatoms. The second kappa shape index (κ2) is 7.76. The zero-order valence-corrected chi connectivity index (χ0v) is 11.2. The Bertz CT molecular complexity index is 262. The average molecular weight is 244 g/mol. The van der Waals surface area contributed by atoms with Crippen molar-refractivity contribution in [1.82, 2.24) is 9.80 Å². The lowest BCUT2D eigenvalue weighted by molar-refractivity contribution is 0.145. The Morgan fingerprint density at radius 1 is 1.35 bits per heavy atom. The summed E-state index contributed by atoms with van der Waals surface area (Å²) < 4.78 is 0. The molecular weight excluding hydrogens is 220 g/mol. The summed E-state index contributed by atoms with van der Waals surface area (Å²) in [6.45, 7) is 9.63. The molecule has 0 aliphatic carbocycles. The van der Waals surface area contributed by atoms with Crippen molar-refractivity contribution in [3.63, 3.8) is 0 Å². The van der Waals surface area contributed by atoms with Gasteiger partial charge in [0.1, 0.15) is 5.84 Å². The minimum atomic E-state index is -0.00394. The number of carbonyl (C=O) groups excluding carboxylic acids is 1. The van der Waals surface area contributed by atoms with Crippen LogP contribution in [0.25, 0.3) is 0 Å². The van der Waals surface area contributed by atoms with E-state index in [2.05, 4.69) is 5.16 Å². The van der Waals surface area contributed by atoms with Gasteiger partial charge in [-0.15, -0.1) is 0 Å². The van der Waals surface area contributed by atoms with Crippen LogP contribution in [-0.2, 0) is 0 Å². The second-order valence-electron chi connectivity index (χ2n) is 4.08. The van der Waals surface area contributed by atoms with Gasteiger partial charge in [0.2, 0.25) is 0 Å². The van der Waals surface area contributed by atoms with Gasteiger partial charge in [-0.3, -0.25) is 0 Å². The van der Waals surface area contributed by atoms with Crippen molar-refractivity contribution in [2.75, 3.05) is 19.6 Å². The SMILES string of the molecule is CCN(CC)C(=O)N(CCC(N)=NO)C(C)C. The molecule has 0 aromatic rings. The molecule has 0 rings (SSSR count). The molecule has 0 aliphatic heterocycles. The van der Waals surface area contributed by atoms with E-state index in [1.165, 1.54) is 0 Å². The molecule has 0 fully saturated rings. The van der Waals surface area contributed by atoms with Crippen LogP contribution in [0.3, 0.4) is 0 Å². The molecule has 0 atom stereocenters. The minimum absolute atomic E-state index is 0.00394. The molecule has 3 N–H and O–H groups in total. The number of oxime groups is 1. The molecule has 100 valence electrons. The lowest BCUT2D eigenvalue weighted by atomic mass is 10.3. The van der Waals surface area contributed by atoms with Crippen LogP contribution in [-0.4, -0.2) is 52.5 Å². The van der Waals surface area contributed by atoms with Gasteiger partial charge >= 0.3 is 6.03 Å². The highest BCUT2D eigenvalue weighted by atomic mass is 16.4. The maximum atomic E-state index is 12.2. The first-order valence-corrected chi connectivity index (χ1v) is 5.99. The second-order valence-corrected chi connectivity index (χ2v) is 4.08. The van der Waals surface area contributed by atoms with Gasteiger partial charge in [0.05, 0.1) is 0 Å². The van der Waals surface area contributed by atoms with Crippen LogP contribution in [0.2, 0.25) is 0 Å². The van der Waals surface area contributed by atoms with Crippen molar-refractivity contribution in [3.05, 3.63) is 0 Å². The standard InChI is InChI=1S/C11H24N4O2/c1-5-14(6-2)11(16)15(9(3)4)8-7-10(12)13-17/h9,17H,5-8H2,1-4H3,(H2,12,13). The first-order chi connectivity index (χ1) is 7.97. The first-order valence-electron chi connectivity index (χ1n) is 5.99. The predicted molar refractivity (Wildman–Crippen MR) is 68.2 cm³/mol. The number of nitrogens with zero attached hydrogens (tertiary/aromatic N) is 3. The zero-order valence-electron chi connectivity index (χ0n) is 11.2. The molecule has 0 saturated carbocycles. The van der Waals surface area contributed by atoms with E-state index in [0.717, 1.165) is 0 Å². The highest BCUT2D eigenvalue weighted by molar-refractivity contribution is 5.81. The normalized spacial score (nSPS) is 11.7. The van der Waals surface area contributed by atoms with E-state index < -0.39 is 0 Å². The van der Waals surface area contributed by atoms with Gasteiger partial charge in [-0.05, 0) is 27.7 Å². The largest absolute Gasteiger partial charge is 0.409 e. The Balaban J connectivity index is 4.57. The summed E-state index contributed by atoms with van der Waals surface area (Å²) in [5, 5.41) is 11.4. The smallest absolute Gasteiger partial charge is 0.320 e. The van der Waals surface area contributed by atoms with Gasteiger partial charge < -0.3 is 20.7 Å². The highest BCUT2D eigenvalue weighted by Gasteiger charge is 2.21. The summed E-state index contributed by atoms with van der Waals surface area (Å²) in [6, 6.07) is 0.0883. The van der Waals surface area contributed by atoms with Gasteiger partial charge in [-0.25, -0.2) is 4.79 Å². The fraction of sp³-hybridized carbons (Fsp3) is 0.818. The van der Waals surface area contributed by atoms with Crippen LogP contribution in [0.4, 0.5) is 4.79 Å². The maximum absolute atomic E-state index is 12.2. The summed E-state index contributed by atoms with van der Waals surface area (Å²) in [4.78, 5) is 15.6. The molecular formula is C11H24N4O2. The minimum Gasteiger partial charge on any atom is -0.409 e. The Hall–Kier alpha value is -1.46. The highest BCUT2D eigenvalue weighted by Crippen LogP contribution is 2.05. The average Bonchev–Trinajstić information content (AvgIpc) is 2.30. The predicted octanol–water partition coefficient (Wildman–Crippen LogP) is 1.30. The third kappa shape index (κ3) is 4.93. The number of amidine groups is 1. The third-order valence-corrected chi connectivity index (χ3v) is 2.64. The molecule has 6 nitrogen and oxygen atoms in total. The summed E-state index contributed by atoms with van der Waals surface area (Å²) in [5.41, 5.74) is 5.41. The van der Waals surface area contributed by atoms with Crippen molar-refractivity contribution < 1.29 is 10.0 Å². The molecule has 0 heterocycles. The van der Waals surface area contributed by atoms with Crippen LogP contribution in [0, 0.1) is 0 Å². The van der Waals surface area contributed by atoms with Crippen molar-refractivity contribution in [2.45, 2.75) is 40.2 Å². The van der Waals surface area contributed by atoms with Gasteiger partial charge in [0.25, 0.3) is 0 Å². The number of urea groups is 1. The first kappa shape index (κ1) is 15.5. The molecule has 17 heavy (non-hydrogen) atoms. The fourth-order valence-electron chi connectivity index (χ4n) is 1.54. The van der Waals surface area contributed by atoms with Crippen molar-refractivity contribution in [2.24, 2.45) is 10.9 Å². The number of hydrogen-bond acceptors (Lipinski definition) is 3. The molecule has 0 saturated heterocycles. The van der Waals surface area contributed by atoms with E-state index in [1.54, 1.807) is 9.80 Å². The summed E-state index contributed by atoms with van der Waals surface area (Å²) in [5.74, 6) is 0.142. The Labute approximate surface area is 103 Å². The van der Waals surface area contributed by atoms with Gasteiger partial charge in [0, 0.05) is 32.1 Å². The molecule has 0 aliphatic rings. The molecule has 0 spiro atoms. The quantitative estimate of drug-likeness (QED) is 0.320. The molecule has 0 unspecified atom stereocenters. The van der Waals surface area contributed by atoms with E-state index in [1.807, 2.05) is 27.7 Å². The number of hydrogen-bond donors (Lipinski definition) is 2. The van der Waals surface area contributed by atoms with Crippen LogP contribution < -0.4 is 5.73 Å². The summed E-state index contributed by atoms with van der Waals surface area (Å²) in [7, 11) is 0. The number of carbonyl (C=O) groups is 1. The van der Waals surface area contributed by atoms with E-state index >= 15 is 0 Å². The summed E-state index contributed by atoms with van der Waals surface area (Å²) >= 11 is 0. The number of rotatable bonds is 6. The van der Waals surface area contributed by atoms with E-state index in [0.29, 0.717) is 26.1 Å². The van der Waals surface area contributed by atoms with E-state index in [4.69, 9.17) is 10.9 Å². The topological polar surface area (TPSA) is 82.2 Å². The Kier molecular flexibility index (Phi) is 7.09. The molecule has 0 bridgehead atoms. The van der Waals surface area contributed by atoms with E-state index in [9.17, 15) is 4.79 Å². The summed E-state index contributed by atoms with van der Waals surface area (Å²) in [6.07, 6.45) is 0.377. The van der Waals surface area contributed by atoms with Crippen LogP contribution in [0.1, 0.15) is 34.1 Å². The van der Waals surface area contributed by atoms with Crippen molar-refractivity contribution in [3.8, 4) is 0 Å². The maximum Gasteiger partial charge on any atom is 0.320 e. The molecule has 0 aromatic heterocycles. The number of amides is 2.